The number of fused-ring (bicyclic) bond motifs is 1. The number of benzene rings is 2. The van der Waals surface area contributed by atoms with Crippen LogP contribution in [0.1, 0.15) is 25.1 Å². The van der Waals surface area contributed by atoms with E-state index in [-0.39, 0.29) is 5.91 Å². The lowest BCUT2D eigenvalue weighted by Crippen LogP contribution is -2.22. The summed E-state index contributed by atoms with van der Waals surface area (Å²) in [5.74, 6) is 2.44. The van der Waals surface area contributed by atoms with Crippen molar-refractivity contribution in [2.45, 2.75) is 32.2 Å². The number of hydrogen-bond acceptors (Lipinski definition) is 4. The Morgan fingerprint density at radius 1 is 1.10 bits per heavy atom. The van der Waals surface area contributed by atoms with Gasteiger partial charge in [0.1, 0.15) is 5.82 Å². The number of nitrogens with zero attached hydrogens (tertiary/aromatic N) is 2. The van der Waals surface area contributed by atoms with Gasteiger partial charge in [-0.1, -0.05) is 30.8 Å². The fourth-order valence-electron chi connectivity index (χ4n) is 3.39. The first-order chi connectivity index (χ1) is 14.7. The van der Waals surface area contributed by atoms with Crippen LogP contribution >= 0.6 is 0 Å². The van der Waals surface area contributed by atoms with Crippen LogP contribution in [0.3, 0.4) is 0 Å². The van der Waals surface area contributed by atoms with Gasteiger partial charge >= 0.3 is 0 Å². The zero-order valence-corrected chi connectivity index (χ0v) is 17.5. The SMILES string of the molecule is C=CC(=O)NCCCc1nc2ccccc2n1CCCCOc1ccccc1OC. The van der Waals surface area contributed by atoms with Crippen molar-refractivity contribution in [2.75, 3.05) is 20.3 Å². The lowest BCUT2D eigenvalue weighted by molar-refractivity contribution is -0.116. The Bertz CT molecular complexity index is 981. The molecule has 0 aliphatic carbocycles. The summed E-state index contributed by atoms with van der Waals surface area (Å²) >= 11 is 0. The number of rotatable bonds is 12. The number of para-hydroxylation sites is 4. The zero-order valence-electron chi connectivity index (χ0n) is 17.5. The molecule has 3 aromatic rings. The summed E-state index contributed by atoms with van der Waals surface area (Å²) in [4.78, 5) is 16.1. The Kier molecular flexibility index (Phi) is 7.89. The number of unbranched alkanes of at least 4 members (excludes halogenated alkanes) is 1. The molecule has 0 fully saturated rings. The topological polar surface area (TPSA) is 65.4 Å². The lowest BCUT2D eigenvalue weighted by Gasteiger charge is -2.12. The standard InChI is InChI=1S/C24H29N3O3/c1-3-24(28)25-16-10-15-23-26-19-11-4-5-12-20(19)27(23)17-8-9-18-30-22-14-7-6-13-21(22)29-2/h3-7,11-14H,1,8-10,15-18H2,2H3,(H,25,28). The molecule has 0 bridgehead atoms. The van der Waals surface area contributed by atoms with Crippen molar-refractivity contribution in [3.05, 3.63) is 67.0 Å². The first-order valence-corrected chi connectivity index (χ1v) is 10.3. The van der Waals surface area contributed by atoms with E-state index >= 15 is 0 Å². The van der Waals surface area contributed by atoms with Crippen LogP contribution in [0, 0.1) is 0 Å². The number of methoxy groups -OCH3 is 1. The first kappa shape index (κ1) is 21.4. The molecule has 2 aromatic carbocycles. The van der Waals surface area contributed by atoms with Crippen molar-refractivity contribution in [1.29, 1.82) is 0 Å². The van der Waals surface area contributed by atoms with Gasteiger partial charge in [0.25, 0.3) is 0 Å². The molecule has 30 heavy (non-hydrogen) atoms. The van der Waals surface area contributed by atoms with Gasteiger partial charge in [0.05, 0.1) is 24.8 Å². The van der Waals surface area contributed by atoms with Crippen LogP contribution in [0.25, 0.3) is 11.0 Å². The normalized spacial score (nSPS) is 10.7. The molecule has 0 spiro atoms. The monoisotopic (exact) mass is 407 g/mol. The van der Waals surface area contributed by atoms with Crippen LogP contribution in [-0.2, 0) is 17.8 Å². The molecule has 0 radical (unpaired) electrons. The van der Waals surface area contributed by atoms with E-state index in [0.29, 0.717) is 13.2 Å². The Hall–Kier alpha value is -3.28. The van der Waals surface area contributed by atoms with E-state index in [2.05, 4.69) is 22.5 Å². The number of imidazole rings is 1. The molecule has 0 unspecified atom stereocenters. The number of amides is 1. The summed E-state index contributed by atoms with van der Waals surface area (Å²) in [5, 5.41) is 2.82. The summed E-state index contributed by atoms with van der Waals surface area (Å²) in [6.07, 6.45) is 4.85. The van der Waals surface area contributed by atoms with Crippen LogP contribution in [0.5, 0.6) is 11.5 Å². The Labute approximate surface area is 177 Å². The molecule has 1 amide bonds. The number of hydrogen-bond donors (Lipinski definition) is 1. The maximum absolute atomic E-state index is 11.3. The maximum atomic E-state index is 11.3. The Morgan fingerprint density at radius 2 is 1.87 bits per heavy atom. The second-order valence-electron chi connectivity index (χ2n) is 6.97. The summed E-state index contributed by atoms with van der Waals surface area (Å²) in [6.45, 7) is 5.60. The Balaban J connectivity index is 1.55. The number of ether oxygens (including phenoxy) is 2. The van der Waals surface area contributed by atoms with E-state index in [0.717, 1.165) is 60.6 Å². The van der Waals surface area contributed by atoms with Gasteiger partial charge in [-0.25, -0.2) is 4.98 Å². The molecule has 0 atom stereocenters. The number of carbonyl (C=O) groups excluding carboxylic acids is 1. The summed E-state index contributed by atoms with van der Waals surface area (Å²) in [5.41, 5.74) is 2.15. The third kappa shape index (κ3) is 5.63. The average Bonchev–Trinajstić information content (AvgIpc) is 3.14. The largest absolute Gasteiger partial charge is 0.493 e. The number of aromatic nitrogens is 2. The smallest absolute Gasteiger partial charge is 0.243 e. The molecular weight excluding hydrogens is 378 g/mol. The number of nitrogens with one attached hydrogen (secondary N) is 1. The maximum Gasteiger partial charge on any atom is 0.243 e. The van der Waals surface area contributed by atoms with Gasteiger partial charge in [-0.05, 0) is 49.6 Å². The highest BCUT2D eigenvalue weighted by Gasteiger charge is 2.10. The van der Waals surface area contributed by atoms with E-state index in [1.54, 1.807) is 7.11 Å². The quantitative estimate of drug-likeness (QED) is 0.362. The molecule has 6 nitrogen and oxygen atoms in total. The van der Waals surface area contributed by atoms with Crippen molar-refractivity contribution in [2.24, 2.45) is 0 Å². The molecule has 0 aliphatic heterocycles. The van der Waals surface area contributed by atoms with E-state index in [4.69, 9.17) is 14.5 Å². The molecule has 158 valence electrons. The van der Waals surface area contributed by atoms with Gasteiger partial charge in [0.15, 0.2) is 11.5 Å². The van der Waals surface area contributed by atoms with Crippen molar-refractivity contribution in [3.63, 3.8) is 0 Å². The van der Waals surface area contributed by atoms with Gasteiger partial charge in [0.2, 0.25) is 5.91 Å². The van der Waals surface area contributed by atoms with Crippen molar-refractivity contribution in [1.82, 2.24) is 14.9 Å². The highest BCUT2D eigenvalue weighted by molar-refractivity contribution is 5.86. The van der Waals surface area contributed by atoms with Crippen LogP contribution in [0.15, 0.2) is 61.2 Å². The van der Waals surface area contributed by atoms with Crippen LogP contribution < -0.4 is 14.8 Å². The van der Waals surface area contributed by atoms with E-state index < -0.39 is 0 Å². The van der Waals surface area contributed by atoms with Crippen LogP contribution in [-0.4, -0.2) is 35.7 Å². The van der Waals surface area contributed by atoms with E-state index in [1.807, 2.05) is 42.5 Å². The van der Waals surface area contributed by atoms with Crippen molar-refractivity contribution >= 4 is 16.9 Å². The number of carbonyl (C=O) groups is 1. The van der Waals surface area contributed by atoms with Crippen molar-refractivity contribution in [3.8, 4) is 11.5 Å². The third-order valence-electron chi connectivity index (χ3n) is 4.90. The summed E-state index contributed by atoms with van der Waals surface area (Å²) in [6, 6.07) is 15.9. The highest BCUT2D eigenvalue weighted by atomic mass is 16.5. The molecule has 6 heteroatoms. The predicted molar refractivity (Wildman–Crippen MR) is 119 cm³/mol. The second-order valence-corrected chi connectivity index (χ2v) is 6.97. The third-order valence-corrected chi connectivity index (χ3v) is 4.90. The van der Waals surface area contributed by atoms with E-state index in [9.17, 15) is 4.79 Å². The summed E-state index contributed by atoms with van der Waals surface area (Å²) < 4.78 is 13.5. The van der Waals surface area contributed by atoms with E-state index in [1.165, 1.54) is 6.08 Å². The van der Waals surface area contributed by atoms with Gasteiger partial charge in [0, 0.05) is 19.5 Å². The predicted octanol–water partition coefficient (Wildman–Crippen LogP) is 4.14. The lowest BCUT2D eigenvalue weighted by atomic mass is 10.2. The fourth-order valence-corrected chi connectivity index (χ4v) is 3.39. The molecule has 0 aliphatic rings. The van der Waals surface area contributed by atoms with Crippen LogP contribution in [0.2, 0.25) is 0 Å². The minimum Gasteiger partial charge on any atom is -0.493 e. The molecule has 1 aromatic heterocycles. The molecule has 1 N–H and O–H groups in total. The molecular formula is C24H29N3O3. The Morgan fingerprint density at radius 3 is 2.67 bits per heavy atom. The minimum absolute atomic E-state index is 0.140. The zero-order chi connectivity index (χ0) is 21.2. The molecule has 0 saturated carbocycles. The van der Waals surface area contributed by atoms with Crippen LogP contribution in [0.4, 0.5) is 0 Å². The molecule has 1 heterocycles. The summed E-state index contributed by atoms with van der Waals surface area (Å²) in [7, 11) is 1.65. The fraction of sp³-hybridized carbons (Fsp3) is 0.333. The first-order valence-electron chi connectivity index (χ1n) is 10.3. The van der Waals surface area contributed by atoms with Gasteiger partial charge in [-0.3, -0.25) is 4.79 Å². The highest BCUT2D eigenvalue weighted by Crippen LogP contribution is 2.26. The van der Waals surface area contributed by atoms with Crippen molar-refractivity contribution < 1.29 is 14.3 Å². The molecule has 3 rings (SSSR count). The number of aryl methyl sites for hydroxylation is 2. The van der Waals surface area contributed by atoms with Gasteiger partial charge < -0.3 is 19.4 Å². The van der Waals surface area contributed by atoms with Gasteiger partial charge in [-0.15, -0.1) is 0 Å². The van der Waals surface area contributed by atoms with Gasteiger partial charge in [-0.2, -0.15) is 0 Å². The second kappa shape index (κ2) is 11.0. The molecule has 0 saturated heterocycles. The average molecular weight is 408 g/mol. The minimum atomic E-state index is -0.140.